The Hall–Kier alpha value is -2.49. The molecular weight excluding hydrogens is 279 g/mol. The largest absolute Gasteiger partial charge is 0.322 e. The van der Waals surface area contributed by atoms with E-state index in [4.69, 9.17) is 0 Å². The van der Waals surface area contributed by atoms with Gasteiger partial charge in [-0.1, -0.05) is 30.4 Å². The van der Waals surface area contributed by atoms with Gasteiger partial charge in [0.25, 0.3) is 0 Å². The zero-order valence-corrected chi connectivity index (χ0v) is 12.0. The fourth-order valence-electron chi connectivity index (χ4n) is 3.34. The molecule has 1 aliphatic carbocycles. The Bertz CT molecular complexity index is 816. The van der Waals surface area contributed by atoms with Crippen LogP contribution in [0.2, 0.25) is 0 Å². The zero-order chi connectivity index (χ0) is 15.1. The minimum Gasteiger partial charge on any atom is -0.322 e. The molecule has 2 aliphatic rings. The Balaban J connectivity index is 1.72. The molecule has 1 aromatic heterocycles. The molecule has 2 heterocycles. The van der Waals surface area contributed by atoms with Crippen molar-refractivity contribution in [3.8, 4) is 11.3 Å². The molecule has 0 N–H and O–H groups in total. The summed E-state index contributed by atoms with van der Waals surface area (Å²) in [4.78, 5) is 16.7. The molecule has 1 unspecified atom stereocenters. The Labute approximate surface area is 127 Å². The molecule has 4 heteroatoms. The van der Waals surface area contributed by atoms with Gasteiger partial charge in [-0.3, -0.25) is 4.79 Å². The standard InChI is InChI=1S/C18H15FN2O/c19-14-8-4-7-13-16-10-20-11-21(16)15(18(13)14)9-17(22)12-5-2-1-3-6-12/h1-2,4-5,7-8,10-11,15H,3,6,9H2. The summed E-state index contributed by atoms with van der Waals surface area (Å²) in [5.41, 5.74) is 3.16. The van der Waals surface area contributed by atoms with Crippen molar-refractivity contribution in [1.29, 1.82) is 0 Å². The van der Waals surface area contributed by atoms with Crippen LogP contribution in [0.25, 0.3) is 11.3 Å². The maximum absolute atomic E-state index is 14.3. The molecule has 0 radical (unpaired) electrons. The minimum absolute atomic E-state index is 0.0881. The summed E-state index contributed by atoms with van der Waals surface area (Å²) in [5, 5.41) is 0. The van der Waals surface area contributed by atoms with E-state index >= 15 is 0 Å². The predicted octanol–water partition coefficient (Wildman–Crippen LogP) is 3.83. The van der Waals surface area contributed by atoms with E-state index in [0.717, 1.165) is 29.7 Å². The summed E-state index contributed by atoms with van der Waals surface area (Å²) in [6.07, 6.45) is 11.2. The highest BCUT2D eigenvalue weighted by Crippen LogP contribution is 2.42. The van der Waals surface area contributed by atoms with E-state index in [1.165, 1.54) is 6.07 Å². The topological polar surface area (TPSA) is 34.9 Å². The Morgan fingerprint density at radius 1 is 1.41 bits per heavy atom. The van der Waals surface area contributed by atoms with Gasteiger partial charge in [0, 0.05) is 17.5 Å². The monoisotopic (exact) mass is 294 g/mol. The third kappa shape index (κ3) is 1.95. The Morgan fingerprint density at radius 2 is 2.32 bits per heavy atom. The van der Waals surface area contributed by atoms with Gasteiger partial charge in [-0.25, -0.2) is 9.37 Å². The molecule has 0 amide bonds. The van der Waals surface area contributed by atoms with E-state index in [1.54, 1.807) is 18.6 Å². The van der Waals surface area contributed by atoms with Crippen LogP contribution in [0.3, 0.4) is 0 Å². The molecular formula is C18H15FN2O. The van der Waals surface area contributed by atoms with Gasteiger partial charge in [-0.15, -0.1) is 0 Å². The van der Waals surface area contributed by atoms with E-state index in [9.17, 15) is 9.18 Å². The SMILES string of the molecule is O=C(CC1c2c(F)cccc2-c2cncn21)C1=CC=CCC1. The molecule has 22 heavy (non-hydrogen) atoms. The van der Waals surface area contributed by atoms with Crippen LogP contribution in [0.5, 0.6) is 0 Å². The molecule has 1 atom stereocenters. The number of Topliss-reactive ketones (excluding diaryl/α,β-unsaturated/α-hetero) is 1. The number of aromatic nitrogens is 2. The van der Waals surface area contributed by atoms with Gasteiger partial charge in [0.15, 0.2) is 5.78 Å². The Kier molecular flexibility index (Phi) is 3.03. The van der Waals surface area contributed by atoms with Gasteiger partial charge in [0.2, 0.25) is 0 Å². The van der Waals surface area contributed by atoms with Crippen LogP contribution in [0, 0.1) is 5.82 Å². The zero-order valence-electron chi connectivity index (χ0n) is 12.0. The van der Waals surface area contributed by atoms with Crippen LogP contribution < -0.4 is 0 Å². The van der Waals surface area contributed by atoms with E-state index in [0.29, 0.717) is 5.56 Å². The van der Waals surface area contributed by atoms with Crippen molar-refractivity contribution in [3.05, 3.63) is 65.9 Å². The predicted molar refractivity (Wildman–Crippen MR) is 81.8 cm³/mol. The van der Waals surface area contributed by atoms with E-state index in [1.807, 2.05) is 22.8 Å². The number of fused-ring (bicyclic) bond motifs is 3. The average Bonchev–Trinajstić information content (AvgIpc) is 3.12. The average molecular weight is 294 g/mol. The van der Waals surface area contributed by atoms with Gasteiger partial charge < -0.3 is 4.57 Å². The lowest BCUT2D eigenvalue weighted by Gasteiger charge is -2.16. The van der Waals surface area contributed by atoms with Crippen molar-refractivity contribution in [2.45, 2.75) is 25.3 Å². The second kappa shape index (κ2) is 5.05. The van der Waals surface area contributed by atoms with Crippen molar-refractivity contribution in [1.82, 2.24) is 9.55 Å². The summed E-state index contributed by atoms with van der Waals surface area (Å²) >= 11 is 0. The molecule has 0 fully saturated rings. The van der Waals surface area contributed by atoms with Crippen LogP contribution >= 0.6 is 0 Å². The fourth-order valence-corrected chi connectivity index (χ4v) is 3.34. The summed E-state index contributed by atoms with van der Waals surface area (Å²) in [6.45, 7) is 0. The summed E-state index contributed by atoms with van der Waals surface area (Å²) in [7, 11) is 0. The van der Waals surface area contributed by atoms with E-state index in [-0.39, 0.29) is 24.1 Å². The molecule has 3 nitrogen and oxygen atoms in total. The number of rotatable bonds is 3. The summed E-state index contributed by atoms with van der Waals surface area (Å²) < 4.78 is 16.2. The number of ketones is 1. The highest BCUT2D eigenvalue weighted by Gasteiger charge is 2.33. The van der Waals surface area contributed by atoms with Gasteiger partial charge in [-0.2, -0.15) is 0 Å². The number of allylic oxidation sites excluding steroid dienone is 4. The number of imidazole rings is 1. The highest BCUT2D eigenvalue weighted by atomic mass is 19.1. The molecule has 2 aromatic rings. The molecule has 1 aliphatic heterocycles. The molecule has 110 valence electrons. The van der Waals surface area contributed by atoms with Gasteiger partial charge in [-0.05, 0) is 24.5 Å². The molecule has 0 saturated carbocycles. The van der Waals surface area contributed by atoms with Crippen LogP contribution in [0.4, 0.5) is 4.39 Å². The van der Waals surface area contributed by atoms with E-state index < -0.39 is 0 Å². The Morgan fingerprint density at radius 3 is 3.14 bits per heavy atom. The number of carbonyl (C=O) groups is 1. The number of benzene rings is 1. The van der Waals surface area contributed by atoms with Crippen molar-refractivity contribution in [2.75, 3.05) is 0 Å². The van der Waals surface area contributed by atoms with Crippen molar-refractivity contribution in [2.24, 2.45) is 0 Å². The lowest BCUT2D eigenvalue weighted by atomic mass is 9.93. The summed E-state index contributed by atoms with van der Waals surface area (Å²) in [5.74, 6) is -0.165. The molecule has 1 aromatic carbocycles. The molecule has 4 rings (SSSR count). The number of carbonyl (C=O) groups excluding carboxylic acids is 1. The van der Waals surface area contributed by atoms with Gasteiger partial charge >= 0.3 is 0 Å². The molecule has 0 saturated heterocycles. The van der Waals surface area contributed by atoms with Crippen molar-refractivity contribution < 1.29 is 9.18 Å². The number of halogens is 1. The van der Waals surface area contributed by atoms with Crippen LogP contribution in [0.15, 0.2) is 54.5 Å². The van der Waals surface area contributed by atoms with E-state index in [2.05, 4.69) is 11.1 Å². The van der Waals surface area contributed by atoms with Crippen LogP contribution in [-0.2, 0) is 4.79 Å². The number of nitrogens with zero attached hydrogens (tertiary/aromatic N) is 2. The lowest BCUT2D eigenvalue weighted by molar-refractivity contribution is -0.116. The number of hydrogen-bond donors (Lipinski definition) is 0. The first kappa shape index (κ1) is 13.2. The maximum atomic E-state index is 14.3. The third-order valence-corrected chi connectivity index (χ3v) is 4.41. The number of hydrogen-bond acceptors (Lipinski definition) is 2. The first-order chi connectivity index (χ1) is 10.8. The smallest absolute Gasteiger partial charge is 0.161 e. The van der Waals surface area contributed by atoms with Crippen LogP contribution in [-0.4, -0.2) is 15.3 Å². The first-order valence-corrected chi connectivity index (χ1v) is 7.45. The molecule has 0 bridgehead atoms. The highest BCUT2D eigenvalue weighted by molar-refractivity contribution is 5.96. The van der Waals surface area contributed by atoms with Crippen LogP contribution in [0.1, 0.15) is 30.9 Å². The first-order valence-electron chi connectivity index (χ1n) is 7.45. The second-order valence-corrected chi connectivity index (χ2v) is 5.69. The van der Waals surface area contributed by atoms with Crippen molar-refractivity contribution >= 4 is 5.78 Å². The van der Waals surface area contributed by atoms with Crippen molar-refractivity contribution in [3.63, 3.8) is 0 Å². The summed E-state index contributed by atoms with van der Waals surface area (Å²) in [6, 6.07) is 4.75. The lowest BCUT2D eigenvalue weighted by Crippen LogP contribution is -2.14. The minimum atomic E-state index is -0.298. The van der Waals surface area contributed by atoms with Gasteiger partial charge in [0.05, 0.1) is 24.3 Å². The second-order valence-electron chi connectivity index (χ2n) is 5.69. The maximum Gasteiger partial charge on any atom is 0.161 e. The molecule has 0 spiro atoms. The third-order valence-electron chi connectivity index (χ3n) is 4.41. The fraction of sp³-hybridized carbons (Fsp3) is 0.222. The normalized spacial score (nSPS) is 18.8. The van der Waals surface area contributed by atoms with Gasteiger partial charge in [0.1, 0.15) is 5.82 Å². The quantitative estimate of drug-likeness (QED) is 0.862.